The van der Waals surface area contributed by atoms with Crippen molar-refractivity contribution in [2.24, 2.45) is 0 Å². The van der Waals surface area contributed by atoms with Crippen molar-refractivity contribution >= 4 is 5.69 Å². The van der Waals surface area contributed by atoms with Gasteiger partial charge in [0.05, 0.1) is 6.54 Å². The molecule has 102 valence electrons. The highest BCUT2D eigenvalue weighted by molar-refractivity contribution is 5.58. The van der Waals surface area contributed by atoms with Crippen LogP contribution >= 0.6 is 0 Å². The summed E-state index contributed by atoms with van der Waals surface area (Å²) in [5.41, 5.74) is 5.06. The van der Waals surface area contributed by atoms with Gasteiger partial charge in [0.25, 0.3) is 0 Å². The van der Waals surface area contributed by atoms with E-state index in [2.05, 4.69) is 49.2 Å². The van der Waals surface area contributed by atoms with Crippen molar-refractivity contribution < 1.29 is 0 Å². The maximum absolute atomic E-state index is 3.48. The van der Waals surface area contributed by atoms with Gasteiger partial charge in [0.2, 0.25) is 0 Å². The average molecular weight is 263 g/mol. The Kier molecular flexibility index (Phi) is 5.26. The molecular formula is C19H21N. The fraction of sp³-hybridized carbons (Fsp3) is 0.263. The van der Waals surface area contributed by atoms with Crippen LogP contribution in [0.5, 0.6) is 0 Å². The summed E-state index contributed by atoms with van der Waals surface area (Å²) in [6.45, 7) is 5.06. The van der Waals surface area contributed by atoms with Crippen LogP contribution in [0.2, 0.25) is 0 Å². The fourth-order valence-corrected chi connectivity index (χ4v) is 2.27. The molecule has 2 rings (SSSR count). The summed E-state index contributed by atoms with van der Waals surface area (Å²) in [6, 6.07) is 16.6. The standard InChI is InChI=1S/C19H21N/c1-3-17-13-8-14-18(4-2)19(17)20-15-9-12-16-10-6-5-7-11-16/h5-8,10-11,13-14,20H,3-4,15H2,1-2H3. The zero-order valence-electron chi connectivity index (χ0n) is 12.2. The molecule has 0 unspecified atom stereocenters. The lowest BCUT2D eigenvalue weighted by Gasteiger charge is -2.13. The highest BCUT2D eigenvalue weighted by Crippen LogP contribution is 2.22. The summed E-state index contributed by atoms with van der Waals surface area (Å²) in [6.07, 6.45) is 2.09. The summed E-state index contributed by atoms with van der Waals surface area (Å²) in [5, 5.41) is 3.48. The van der Waals surface area contributed by atoms with Gasteiger partial charge in [0.1, 0.15) is 0 Å². The number of benzene rings is 2. The second-order valence-corrected chi connectivity index (χ2v) is 4.68. The number of hydrogen-bond acceptors (Lipinski definition) is 1. The molecule has 20 heavy (non-hydrogen) atoms. The van der Waals surface area contributed by atoms with E-state index in [4.69, 9.17) is 0 Å². The molecule has 0 radical (unpaired) electrons. The van der Waals surface area contributed by atoms with Crippen molar-refractivity contribution in [1.82, 2.24) is 0 Å². The smallest absolute Gasteiger partial charge is 0.0769 e. The van der Waals surface area contributed by atoms with Crippen LogP contribution in [-0.4, -0.2) is 6.54 Å². The minimum atomic E-state index is 0.679. The molecule has 0 saturated heterocycles. The van der Waals surface area contributed by atoms with E-state index >= 15 is 0 Å². The first-order valence-corrected chi connectivity index (χ1v) is 7.23. The van der Waals surface area contributed by atoms with Gasteiger partial charge in [-0.3, -0.25) is 0 Å². The number of para-hydroxylation sites is 1. The first-order valence-electron chi connectivity index (χ1n) is 7.23. The second kappa shape index (κ2) is 7.40. The summed E-state index contributed by atoms with van der Waals surface area (Å²) < 4.78 is 0. The van der Waals surface area contributed by atoms with E-state index in [1.54, 1.807) is 0 Å². The predicted molar refractivity (Wildman–Crippen MR) is 87.0 cm³/mol. The van der Waals surface area contributed by atoms with Gasteiger partial charge in [0, 0.05) is 11.3 Å². The molecule has 0 aromatic heterocycles. The first-order chi connectivity index (χ1) is 9.85. The maximum atomic E-state index is 3.48. The van der Waals surface area contributed by atoms with E-state index in [1.807, 2.05) is 30.3 Å². The van der Waals surface area contributed by atoms with E-state index in [0.717, 1.165) is 18.4 Å². The quantitative estimate of drug-likeness (QED) is 0.812. The first kappa shape index (κ1) is 14.2. The molecule has 0 bridgehead atoms. The number of nitrogens with one attached hydrogen (secondary N) is 1. The van der Waals surface area contributed by atoms with Crippen LogP contribution < -0.4 is 5.32 Å². The molecule has 0 aliphatic rings. The molecule has 2 aromatic carbocycles. The lowest BCUT2D eigenvalue weighted by atomic mass is 10.0. The van der Waals surface area contributed by atoms with Gasteiger partial charge in [-0.15, -0.1) is 0 Å². The average Bonchev–Trinajstić information content (AvgIpc) is 2.52. The molecule has 0 saturated carbocycles. The van der Waals surface area contributed by atoms with E-state index in [9.17, 15) is 0 Å². The Morgan fingerprint density at radius 3 is 2.10 bits per heavy atom. The Hall–Kier alpha value is -2.20. The summed E-state index contributed by atoms with van der Waals surface area (Å²) in [5.74, 6) is 6.37. The van der Waals surface area contributed by atoms with Crippen LogP contribution in [0, 0.1) is 11.8 Å². The number of anilines is 1. The van der Waals surface area contributed by atoms with Crippen LogP contribution in [0.15, 0.2) is 48.5 Å². The Morgan fingerprint density at radius 1 is 0.850 bits per heavy atom. The summed E-state index contributed by atoms with van der Waals surface area (Å²) in [7, 11) is 0. The van der Waals surface area contributed by atoms with Crippen LogP contribution in [-0.2, 0) is 12.8 Å². The third-order valence-corrected chi connectivity index (χ3v) is 3.36. The van der Waals surface area contributed by atoms with Crippen LogP contribution in [0.3, 0.4) is 0 Å². The maximum Gasteiger partial charge on any atom is 0.0769 e. The van der Waals surface area contributed by atoms with Crippen molar-refractivity contribution in [3.05, 3.63) is 65.2 Å². The monoisotopic (exact) mass is 263 g/mol. The van der Waals surface area contributed by atoms with Gasteiger partial charge in [-0.2, -0.15) is 0 Å². The zero-order valence-corrected chi connectivity index (χ0v) is 12.2. The fourth-order valence-electron chi connectivity index (χ4n) is 2.27. The highest BCUT2D eigenvalue weighted by atomic mass is 14.9. The Balaban J connectivity index is 2.06. The molecule has 0 spiro atoms. The number of rotatable bonds is 4. The van der Waals surface area contributed by atoms with Crippen molar-refractivity contribution in [3.8, 4) is 11.8 Å². The normalized spacial score (nSPS) is 9.70. The topological polar surface area (TPSA) is 12.0 Å². The predicted octanol–water partition coefficient (Wildman–Crippen LogP) is 4.28. The van der Waals surface area contributed by atoms with Gasteiger partial charge < -0.3 is 5.32 Å². The SMILES string of the molecule is CCc1cccc(CC)c1NCC#Cc1ccccc1. The van der Waals surface area contributed by atoms with Gasteiger partial charge >= 0.3 is 0 Å². The molecule has 0 amide bonds. The largest absolute Gasteiger partial charge is 0.374 e. The molecule has 0 atom stereocenters. The third-order valence-electron chi connectivity index (χ3n) is 3.36. The second-order valence-electron chi connectivity index (χ2n) is 4.68. The molecule has 1 heteroatoms. The molecule has 0 heterocycles. The zero-order chi connectivity index (χ0) is 14.2. The van der Waals surface area contributed by atoms with Crippen LogP contribution in [0.1, 0.15) is 30.5 Å². The van der Waals surface area contributed by atoms with Crippen molar-refractivity contribution in [2.75, 3.05) is 11.9 Å². The summed E-state index contributed by atoms with van der Waals surface area (Å²) >= 11 is 0. The third kappa shape index (κ3) is 3.65. The number of aryl methyl sites for hydroxylation is 2. The van der Waals surface area contributed by atoms with Crippen molar-refractivity contribution in [3.63, 3.8) is 0 Å². The minimum Gasteiger partial charge on any atom is -0.374 e. The molecule has 1 nitrogen and oxygen atoms in total. The Morgan fingerprint density at radius 2 is 1.50 bits per heavy atom. The van der Waals surface area contributed by atoms with Crippen molar-refractivity contribution in [1.29, 1.82) is 0 Å². The van der Waals surface area contributed by atoms with E-state index in [1.165, 1.54) is 16.8 Å². The van der Waals surface area contributed by atoms with E-state index in [0.29, 0.717) is 6.54 Å². The van der Waals surface area contributed by atoms with Crippen LogP contribution in [0.25, 0.3) is 0 Å². The highest BCUT2D eigenvalue weighted by Gasteiger charge is 2.04. The van der Waals surface area contributed by atoms with E-state index in [-0.39, 0.29) is 0 Å². The van der Waals surface area contributed by atoms with Gasteiger partial charge in [-0.1, -0.05) is 62.1 Å². The van der Waals surface area contributed by atoms with Gasteiger partial charge in [-0.05, 0) is 36.1 Å². The summed E-state index contributed by atoms with van der Waals surface area (Å²) in [4.78, 5) is 0. The Bertz CT molecular complexity index is 580. The van der Waals surface area contributed by atoms with Gasteiger partial charge in [-0.25, -0.2) is 0 Å². The number of hydrogen-bond donors (Lipinski definition) is 1. The molecule has 0 aliphatic heterocycles. The Labute approximate surface area is 122 Å². The van der Waals surface area contributed by atoms with Gasteiger partial charge in [0.15, 0.2) is 0 Å². The molecule has 2 aromatic rings. The van der Waals surface area contributed by atoms with Crippen LogP contribution in [0.4, 0.5) is 5.69 Å². The van der Waals surface area contributed by atoms with Crippen molar-refractivity contribution in [2.45, 2.75) is 26.7 Å². The molecular weight excluding hydrogens is 242 g/mol. The molecule has 1 N–H and O–H groups in total. The minimum absolute atomic E-state index is 0.679. The van der Waals surface area contributed by atoms with E-state index < -0.39 is 0 Å². The lowest BCUT2D eigenvalue weighted by molar-refractivity contribution is 1.08. The lowest BCUT2D eigenvalue weighted by Crippen LogP contribution is -2.05. The molecule has 0 aliphatic carbocycles. The molecule has 0 fully saturated rings.